The zero-order valence-corrected chi connectivity index (χ0v) is 9.15. The zero-order chi connectivity index (χ0) is 10.4. The lowest BCUT2D eigenvalue weighted by Gasteiger charge is -2.50. The molecule has 2 unspecified atom stereocenters. The second kappa shape index (κ2) is 3.29. The number of phosphoric acid groups is 1. The molecule has 0 saturated carbocycles. The van der Waals surface area contributed by atoms with Gasteiger partial charge in [-0.15, -0.1) is 0 Å². The molecule has 3 fully saturated rings. The highest BCUT2D eigenvalue weighted by atomic mass is 31.2. The van der Waals surface area contributed by atoms with Gasteiger partial charge in [-0.1, -0.05) is 0 Å². The third kappa shape index (κ3) is 2.18. The van der Waals surface area contributed by atoms with Crippen LogP contribution in [0.15, 0.2) is 0 Å². The molecule has 6 heteroatoms. The summed E-state index contributed by atoms with van der Waals surface area (Å²) in [5, 5.41) is 0. The van der Waals surface area contributed by atoms with Crippen LogP contribution in [0.4, 0.5) is 0 Å². The van der Waals surface area contributed by atoms with Gasteiger partial charge < -0.3 is 18.8 Å². The molecule has 0 aromatic carbocycles. The van der Waals surface area contributed by atoms with Gasteiger partial charge in [0.25, 0.3) is 7.82 Å². The minimum Gasteiger partial charge on any atom is -0.756 e. The molecule has 3 rings (SSSR count). The van der Waals surface area contributed by atoms with E-state index in [0.29, 0.717) is 12.5 Å². The molecule has 3 saturated heterocycles. The lowest BCUT2D eigenvalue weighted by Crippen LogP contribution is -2.61. The van der Waals surface area contributed by atoms with E-state index in [1.165, 1.54) is 0 Å². The number of hydrogen-bond acceptors (Lipinski definition) is 3. The molecule has 0 aromatic heterocycles. The average Bonchev–Trinajstić information content (AvgIpc) is 2.00. The van der Waals surface area contributed by atoms with Crippen LogP contribution in [-0.4, -0.2) is 42.2 Å². The summed E-state index contributed by atoms with van der Waals surface area (Å²) in [6.45, 7) is 2.90. The lowest BCUT2D eigenvalue weighted by atomic mass is 9.84. The number of phosphoric ester groups is 1. The highest BCUT2D eigenvalue weighted by Gasteiger charge is 2.44. The van der Waals surface area contributed by atoms with Gasteiger partial charge in [-0.3, -0.25) is 4.57 Å². The van der Waals surface area contributed by atoms with Gasteiger partial charge in [-0.25, -0.2) is 0 Å². The highest BCUT2D eigenvalue weighted by Crippen LogP contribution is 2.41. The van der Waals surface area contributed by atoms with Crippen molar-refractivity contribution in [3.05, 3.63) is 0 Å². The van der Waals surface area contributed by atoms with Crippen LogP contribution >= 0.6 is 7.82 Å². The molecular weight excluding hydrogens is 205 g/mol. The van der Waals surface area contributed by atoms with Gasteiger partial charge in [-0.05, 0) is 0 Å². The predicted octanol–water partition coefficient (Wildman–Crippen LogP) is -0.298. The van der Waals surface area contributed by atoms with Gasteiger partial charge in [0.15, 0.2) is 0 Å². The maximum Gasteiger partial charge on any atom is 0.265 e. The van der Waals surface area contributed by atoms with Gasteiger partial charge in [0.2, 0.25) is 0 Å². The minimum atomic E-state index is -4.55. The zero-order valence-electron chi connectivity index (χ0n) is 8.26. The fourth-order valence-corrected chi connectivity index (χ4v) is 3.22. The van der Waals surface area contributed by atoms with E-state index in [0.717, 1.165) is 30.4 Å². The highest BCUT2D eigenvalue weighted by molar-refractivity contribution is 7.44. The third-order valence-electron chi connectivity index (χ3n) is 3.49. The van der Waals surface area contributed by atoms with E-state index in [-0.39, 0.29) is 6.10 Å². The Kier molecular flexibility index (Phi) is 2.48. The topological polar surface area (TPSA) is 69.6 Å². The number of quaternary nitrogens is 1. The molecule has 0 aromatic rings. The summed E-state index contributed by atoms with van der Waals surface area (Å²) in [5.41, 5.74) is 0. The Bertz CT molecular complexity index is 269. The van der Waals surface area contributed by atoms with E-state index in [9.17, 15) is 9.46 Å². The van der Waals surface area contributed by atoms with E-state index in [1.54, 1.807) is 0 Å². The Balaban J connectivity index is 2.05. The number of nitrogens with zero attached hydrogens (tertiary/aromatic N) is 1. The fraction of sp³-hybridized carbons (Fsp3) is 1.00. The average molecular weight is 221 g/mol. The molecule has 0 spiro atoms. The smallest absolute Gasteiger partial charge is 0.265 e. The van der Waals surface area contributed by atoms with Crippen LogP contribution in [0.2, 0.25) is 0 Å². The molecule has 0 radical (unpaired) electrons. The number of hydrogen-bond donors (Lipinski definition) is 1. The van der Waals surface area contributed by atoms with Crippen LogP contribution in [0.3, 0.4) is 0 Å². The third-order valence-corrected chi connectivity index (χ3v) is 4.03. The first-order valence-corrected chi connectivity index (χ1v) is 6.43. The Morgan fingerprint density at radius 3 is 2.50 bits per heavy atom. The molecule has 5 nitrogen and oxygen atoms in total. The van der Waals surface area contributed by atoms with Crippen molar-refractivity contribution >= 4 is 7.82 Å². The molecule has 0 aliphatic carbocycles. The van der Waals surface area contributed by atoms with Crippen molar-refractivity contribution < 1.29 is 23.4 Å². The molecule has 14 heavy (non-hydrogen) atoms. The fourth-order valence-electron chi connectivity index (χ4n) is 2.64. The van der Waals surface area contributed by atoms with Gasteiger partial charge in [0.05, 0.1) is 20.1 Å². The quantitative estimate of drug-likeness (QED) is 0.513. The van der Waals surface area contributed by atoms with Crippen molar-refractivity contribution in [2.75, 3.05) is 26.7 Å². The molecule has 2 atom stereocenters. The van der Waals surface area contributed by atoms with E-state index in [1.807, 2.05) is 0 Å². The molecule has 82 valence electrons. The Labute approximate surface area is 83.5 Å². The van der Waals surface area contributed by atoms with Crippen LogP contribution in [0.1, 0.15) is 12.8 Å². The first-order valence-electron chi connectivity index (χ1n) is 4.94. The molecule has 3 aliphatic heterocycles. The molecule has 0 amide bonds. The van der Waals surface area contributed by atoms with Crippen LogP contribution in [0, 0.1) is 5.92 Å². The first kappa shape index (κ1) is 10.6. The first-order chi connectivity index (χ1) is 6.38. The van der Waals surface area contributed by atoms with Gasteiger partial charge in [-0.2, -0.15) is 0 Å². The van der Waals surface area contributed by atoms with Gasteiger partial charge >= 0.3 is 0 Å². The molecular formula is C8H16NO4P. The summed E-state index contributed by atoms with van der Waals surface area (Å²) < 4.78 is 16.2. The maximum atomic E-state index is 10.6. The van der Waals surface area contributed by atoms with Crippen molar-refractivity contribution in [2.45, 2.75) is 18.9 Å². The summed E-state index contributed by atoms with van der Waals surface area (Å²) in [6.07, 6.45) is 1.69. The molecule has 3 heterocycles. The lowest BCUT2D eigenvalue weighted by molar-refractivity contribution is -0.928. The van der Waals surface area contributed by atoms with Crippen LogP contribution in [0.5, 0.6) is 0 Å². The number of fused-ring (bicyclic) bond motifs is 3. The summed E-state index contributed by atoms with van der Waals surface area (Å²) in [7, 11) is -2.44. The van der Waals surface area contributed by atoms with Gasteiger partial charge in [0, 0.05) is 18.8 Å². The Morgan fingerprint density at radius 1 is 1.50 bits per heavy atom. The van der Waals surface area contributed by atoms with Gasteiger partial charge in [0.1, 0.15) is 12.6 Å². The van der Waals surface area contributed by atoms with Crippen molar-refractivity contribution in [1.82, 2.24) is 0 Å². The summed E-state index contributed by atoms with van der Waals surface area (Å²) in [5.74, 6) is 0.310. The van der Waals surface area contributed by atoms with E-state index in [2.05, 4.69) is 7.05 Å². The Hall–Kier alpha value is 0.0700. The molecule has 3 aliphatic rings. The standard InChI is InChI=1S/C8H16NO4P/c1-9-4-2-7(3-5-9)8(6-9)13-14(10,11)12/h7-8H,2-6H2,1H3,(H-,10,11,12). The normalized spacial score (nSPS) is 46.2. The number of rotatable bonds is 2. The van der Waals surface area contributed by atoms with E-state index < -0.39 is 7.82 Å². The van der Waals surface area contributed by atoms with Crippen molar-refractivity contribution in [1.29, 1.82) is 0 Å². The van der Waals surface area contributed by atoms with Crippen LogP contribution in [0.25, 0.3) is 0 Å². The summed E-state index contributed by atoms with van der Waals surface area (Å²) in [4.78, 5) is 19.3. The predicted molar refractivity (Wildman–Crippen MR) is 48.2 cm³/mol. The summed E-state index contributed by atoms with van der Waals surface area (Å²) >= 11 is 0. The minimum absolute atomic E-state index is 0.309. The largest absolute Gasteiger partial charge is 0.756 e. The van der Waals surface area contributed by atoms with Crippen molar-refractivity contribution in [3.63, 3.8) is 0 Å². The number of likely N-dealkylation sites (N-methyl/N-ethyl adjacent to an activating group) is 1. The monoisotopic (exact) mass is 221 g/mol. The molecule has 1 N–H and O–H groups in total. The van der Waals surface area contributed by atoms with E-state index in [4.69, 9.17) is 9.42 Å². The maximum absolute atomic E-state index is 10.6. The summed E-state index contributed by atoms with van der Waals surface area (Å²) in [6, 6.07) is 0. The Morgan fingerprint density at radius 2 is 2.07 bits per heavy atom. The van der Waals surface area contributed by atoms with Crippen molar-refractivity contribution in [2.24, 2.45) is 5.92 Å². The van der Waals surface area contributed by atoms with E-state index >= 15 is 0 Å². The number of piperidine rings is 3. The van der Waals surface area contributed by atoms with Crippen molar-refractivity contribution in [3.8, 4) is 0 Å². The van der Waals surface area contributed by atoms with Crippen LogP contribution < -0.4 is 4.89 Å². The second-order valence-corrected chi connectivity index (χ2v) is 5.85. The SMILES string of the molecule is C[N+]12CCC(CC1)C(OP(=O)([O-])O)C2. The second-order valence-electron chi connectivity index (χ2n) is 4.70. The molecule has 2 bridgehead atoms. The van der Waals surface area contributed by atoms with Crippen LogP contribution in [-0.2, 0) is 9.09 Å².